The predicted molar refractivity (Wildman–Crippen MR) is 96.3 cm³/mol. The van der Waals surface area contributed by atoms with Crippen LogP contribution in [0, 0.1) is 11.8 Å². The maximum absolute atomic E-state index is 5.14. The quantitative estimate of drug-likeness (QED) is 0.682. The van der Waals surface area contributed by atoms with E-state index in [1.54, 1.807) is 32.2 Å². The van der Waals surface area contributed by atoms with Gasteiger partial charge in [0.15, 0.2) is 22.7 Å². The van der Waals surface area contributed by atoms with Crippen molar-refractivity contribution >= 4 is 22.9 Å². The van der Waals surface area contributed by atoms with Gasteiger partial charge in [-0.3, -0.25) is 0 Å². The topological polar surface area (TPSA) is 85.1 Å². The lowest BCUT2D eigenvalue weighted by Crippen LogP contribution is -2.30. The molecule has 0 N–H and O–H groups in total. The van der Waals surface area contributed by atoms with Crippen molar-refractivity contribution in [2.75, 3.05) is 43.1 Å². The van der Waals surface area contributed by atoms with Gasteiger partial charge >= 0.3 is 0 Å². The van der Waals surface area contributed by atoms with Crippen LogP contribution in [0.2, 0.25) is 0 Å². The van der Waals surface area contributed by atoms with Crippen LogP contribution in [0.4, 0.5) is 11.8 Å². The summed E-state index contributed by atoms with van der Waals surface area (Å²) in [6.07, 6.45) is 6.87. The molecule has 0 bridgehead atoms. The molecule has 9 nitrogen and oxygen atoms in total. The van der Waals surface area contributed by atoms with Crippen molar-refractivity contribution in [1.82, 2.24) is 29.5 Å². The molecule has 2 aliphatic heterocycles. The summed E-state index contributed by atoms with van der Waals surface area (Å²) in [5.41, 5.74) is 1.76. The first-order valence-corrected chi connectivity index (χ1v) is 8.71. The van der Waals surface area contributed by atoms with Gasteiger partial charge in [-0.2, -0.15) is 0 Å². The van der Waals surface area contributed by atoms with Crippen molar-refractivity contribution in [3.05, 3.63) is 25.0 Å². The van der Waals surface area contributed by atoms with Crippen molar-refractivity contribution in [1.29, 1.82) is 0 Å². The Morgan fingerprint density at radius 2 is 1.62 bits per heavy atom. The molecule has 0 amide bonds. The number of hydrogen-bond donors (Lipinski definition) is 0. The van der Waals surface area contributed by atoms with Crippen LogP contribution in [0.15, 0.2) is 25.0 Å². The second-order valence-corrected chi connectivity index (χ2v) is 6.98. The highest BCUT2D eigenvalue weighted by Crippen LogP contribution is 2.36. The van der Waals surface area contributed by atoms with Crippen molar-refractivity contribution in [2.24, 2.45) is 18.9 Å². The number of aryl methyl sites for hydroxylation is 1. The number of nitrogens with zero attached hydrogens (tertiary/aromatic N) is 8. The van der Waals surface area contributed by atoms with E-state index in [-0.39, 0.29) is 0 Å². The van der Waals surface area contributed by atoms with E-state index in [9.17, 15) is 0 Å². The fourth-order valence-electron chi connectivity index (χ4n) is 4.07. The van der Waals surface area contributed by atoms with E-state index in [1.807, 2.05) is 11.6 Å². The number of anilines is 2. The van der Waals surface area contributed by atoms with Crippen LogP contribution in [0.1, 0.15) is 0 Å². The number of methoxy groups -OCH3 is 1. The van der Waals surface area contributed by atoms with Gasteiger partial charge in [-0.15, -0.1) is 0 Å². The highest BCUT2D eigenvalue weighted by molar-refractivity contribution is 5.83. The third-order valence-corrected chi connectivity index (χ3v) is 5.40. The fraction of sp³-hybridized carbons (Fsp3) is 0.471. The first-order valence-electron chi connectivity index (χ1n) is 8.71. The molecule has 0 saturated carbocycles. The summed E-state index contributed by atoms with van der Waals surface area (Å²) in [4.78, 5) is 26.8. The van der Waals surface area contributed by atoms with Gasteiger partial charge in [-0.25, -0.2) is 24.9 Å². The van der Waals surface area contributed by atoms with Crippen LogP contribution < -0.4 is 14.5 Å². The third kappa shape index (κ3) is 2.34. The lowest BCUT2D eigenvalue weighted by molar-refractivity contribution is 0.410. The average molecular weight is 352 g/mol. The van der Waals surface area contributed by atoms with Gasteiger partial charge in [-0.1, -0.05) is 0 Å². The largest absolute Gasteiger partial charge is 0.494 e. The minimum Gasteiger partial charge on any atom is -0.494 e. The Bertz CT molecular complexity index is 926. The van der Waals surface area contributed by atoms with E-state index in [2.05, 4.69) is 34.7 Å². The Kier molecular flexibility index (Phi) is 3.41. The molecule has 9 heteroatoms. The lowest BCUT2D eigenvalue weighted by atomic mass is 10.0. The maximum Gasteiger partial charge on any atom is 0.225 e. The van der Waals surface area contributed by atoms with Gasteiger partial charge in [0, 0.05) is 45.1 Å². The molecule has 134 valence electrons. The molecule has 2 unspecified atom stereocenters. The Balaban J connectivity index is 1.33. The van der Waals surface area contributed by atoms with Crippen molar-refractivity contribution in [2.45, 2.75) is 0 Å². The molecule has 2 saturated heterocycles. The number of imidazole rings is 1. The van der Waals surface area contributed by atoms with Gasteiger partial charge in [0.05, 0.1) is 25.8 Å². The minimum absolute atomic E-state index is 0.578. The summed E-state index contributed by atoms with van der Waals surface area (Å²) in [5.74, 6) is 3.56. The van der Waals surface area contributed by atoms with Crippen LogP contribution in [-0.2, 0) is 7.05 Å². The van der Waals surface area contributed by atoms with E-state index in [4.69, 9.17) is 4.74 Å². The summed E-state index contributed by atoms with van der Waals surface area (Å²) in [5, 5.41) is 0. The van der Waals surface area contributed by atoms with E-state index < -0.39 is 0 Å². The summed E-state index contributed by atoms with van der Waals surface area (Å²) in [6, 6.07) is 0. The van der Waals surface area contributed by atoms with Gasteiger partial charge in [0.1, 0.15) is 6.33 Å². The third-order valence-electron chi connectivity index (χ3n) is 5.40. The standard InChI is InChI=1S/C17H20N8O/c1-23-10-22-14-15(23)20-9-21-16(14)24-5-11-7-25(8-12(11)6-24)17-18-3-13(26-2)4-19-17/h3-4,9-12H,5-8H2,1-2H3. The monoisotopic (exact) mass is 352 g/mol. The summed E-state index contributed by atoms with van der Waals surface area (Å²) in [6.45, 7) is 3.87. The Morgan fingerprint density at radius 1 is 0.923 bits per heavy atom. The minimum atomic E-state index is 0.578. The highest BCUT2D eigenvalue weighted by Gasteiger charge is 2.41. The first-order chi connectivity index (χ1) is 12.7. The predicted octanol–water partition coefficient (Wildman–Crippen LogP) is 0.734. The van der Waals surface area contributed by atoms with E-state index in [0.29, 0.717) is 17.6 Å². The molecule has 0 aliphatic carbocycles. The van der Waals surface area contributed by atoms with Gasteiger partial charge in [0.25, 0.3) is 0 Å². The molecule has 0 aromatic carbocycles. The van der Waals surface area contributed by atoms with E-state index in [0.717, 1.165) is 49.1 Å². The molecule has 3 aromatic heterocycles. The number of fused-ring (bicyclic) bond motifs is 2. The van der Waals surface area contributed by atoms with Gasteiger partial charge in [0.2, 0.25) is 5.95 Å². The SMILES string of the molecule is COc1cnc(N2CC3CN(c4ncnc5c4ncn5C)CC3C2)nc1. The van der Waals surface area contributed by atoms with Gasteiger partial charge < -0.3 is 19.1 Å². The zero-order chi connectivity index (χ0) is 17.7. The molecule has 3 aromatic rings. The summed E-state index contributed by atoms with van der Waals surface area (Å²) >= 11 is 0. The van der Waals surface area contributed by atoms with E-state index in [1.165, 1.54) is 0 Å². The van der Waals surface area contributed by atoms with Crippen LogP contribution in [0.5, 0.6) is 5.75 Å². The Hall–Kier alpha value is -2.97. The molecular formula is C17H20N8O. The number of rotatable bonds is 3. The fourth-order valence-corrected chi connectivity index (χ4v) is 4.07. The highest BCUT2D eigenvalue weighted by atomic mass is 16.5. The summed E-state index contributed by atoms with van der Waals surface area (Å²) in [7, 11) is 3.58. The summed E-state index contributed by atoms with van der Waals surface area (Å²) < 4.78 is 7.07. The van der Waals surface area contributed by atoms with Crippen LogP contribution in [0.3, 0.4) is 0 Å². The molecule has 2 fully saturated rings. The first kappa shape index (κ1) is 15.3. The lowest BCUT2D eigenvalue weighted by Gasteiger charge is -2.22. The number of hydrogen-bond acceptors (Lipinski definition) is 8. The van der Waals surface area contributed by atoms with Crippen LogP contribution in [0.25, 0.3) is 11.2 Å². The molecule has 26 heavy (non-hydrogen) atoms. The van der Waals surface area contributed by atoms with E-state index >= 15 is 0 Å². The maximum atomic E-state index is 5.14. The molecule has 2 atom stereocenters. The molecule has 5 rings (SSSR count). The second-order valence-electron chi connectivity index (χ2n) is 6.98. The smallest absolute Gasteiger partial charge is 0.225 e. The Labute approximate surface area is 150 Å². The van der Waals surface area contributed by atoms with Crippen molar-refractivity contribution < 1.29 is 4.74 Å². The molecule has 2 aliphatic rings. The molecule has 0 spiro atoms. The van der Waals surface area contributed by atoms with Gasteiger partial charge in [-0.05, 0) is 0 Å². The molecule has 5 heterocycles. The normalized spacial score (nSPS) is 22.2. The number of aromatic nitrogens is 6. The Morgan fingerprint density at radius 3 is 2.31 bits per heavy atom. The molecular weight excluding hydrogens is 332 g/mol. The van der Waals surface area contributed by atoms with Crippen molar-refractivity contribution in [3.63, 3.8) is 0 Å². The van der Waals surface area contributed by atoms with Crippen LogP contribution in [-0.4, -0.2) is 62.8 Å². The second kappa shape index (κ2) is 5.79. The zero-order valence-corrected chi connectivity index (χ0v) is 14.8. The molecule has 0 radical (unpaired) electrons. The van der Waals surface area contributed by atoms with Crippen LogP contribution >= 0.6 is 0 Å². The zero-order valence-electron chi connectivity index (χ0n) is 14.8. The van der Waals surface area contributed by atoms with Crippen molar-refractivity contribution in [3.8, 4) is 5.75 Å². The number of ether oxygens (including phenoxy) is 1. The average Bonchev–Trinajstić information content (AvgIpc) is 3.35.